The Morgan fingerprint density at radius 2 is 2.14 bits per heavy atom. The molecule has 1 unspecified atom stereocenters. The van der Waals surface area contributed by atoms with Crippen molar-refractivity contribution in [1.29, 1.82) is 0 Å². The number of carbonyl (C=O) groups is 1. The quantitative estimate of drug-likeness (QED) is 0.656. The number of likely N-dealkylation sites (N-methyl/N-ethyl adjacent to an activating group) is 1. The number of hydrogen-bond donors (Lipinski definition) is 2. The summed E-state index contributed by atoms with van der Waals surface area (Å²) in [7, 11) is 3.76. The smallest absolute Gasteiger partial charge is 0.323 e. The van der Waals surface area contributed by atoms with Crippen LogP contribution in [-0.2, 0) is 16.0 Å². The second-order valence-corrected chi connectivity index (χ2v) is 9.58. The van der Waals surface area contributed by atoms with Crippen LogP contribution in [0.1, 0.15) is 29.7 Å². The monoisotopic (exact) mass is 421 g/mol. The van der Waals surface area contributed by atoms with E-state index in [1.165, 1.54) is 5.56 Å². The number of nitrogens with two attached hydrogens (primary N) is 1. The number of aromatic hydroxyl groups is 1. The van der Waals surface area contributed by atoms with E-state index < -0.39 is 6.04 Å². The third-order valence-electron chi connectivity index (χ3n) is 6.67. The number of ether oxygens (including phenoxy) is 2. The van der Waals surface area contributed by atoms with Gasteiger partial charge in [0.2, 0.25) is 0 Å². The zero-order chi connectivity index (χ0) is 20.9. The van der Waals surface area contributed by atoms with Crippen LogP contribution in [0.4, 0.5) is 0 Å². The van der Waals surface area contributed by atoms with E-state index in [0.29, 0.717) is 24.2 Å². The molecule has 2 fully saturated rings. The van der Waals surface area contributed by atoms with Crippen LogP contribution in [-0.4, -0.2) is 83.9 Å². The van der Waals surface area contributed by atoms with Gasteiger partial charge in [-0.1, -0.05) is 6.07 Å². The zero-order valence-electron chi connectivity index (χ0n) is 17.6. The molecule has 2 bridgehead atoms. The standard InChI is InChI=1S/C21H31N3O4S/c1-11-5-13-6-14-7-24-12(2)8-28-21(26)15(22)9-29-10-16(24)18(23(14)3)17(13)19(25)20(11)27-4/h5,12,14-16,18,25H,6-10,22H2,1-4H3/t12-,14+,15+,16?,18+/m1/s1. The molecule has 0 radical (unpaired) electrons. The minimum atomic E-state index is -0.595. The van der Waals surface area contributed by atoms with Crippen LogP contribution in [0.2, 0.25) is 0 Å². The van der Waals surface area contributed by atoms with Gasteiger partial charge in [-0.15, -0.1) is 0 Å². The Bertz CT molecular complexity index is 805. The largest absolute Gasteiger partial charge is 0.504 e. The highest BCUT2D eigenvalue weighted by atomic mass is 32.2. The fraction of sp³-hybridized carbons (Fsp3) is 0.667. The number of hydrogen-bond acceptors (Lipinski definition) is 8. The molecule has 5 atom stereocenters. The minimum Gasteiger partial charge on any atom is -0.504 e. The maximum atomic E-state index is 12.1. The number of benzene rings is 1. The molecule has 0 aliphatic carbocycles. The first-order valence-corrected chi connectivity index (χ1v) is 11.4. The van der Waals surface area contributed by atoms with E-state index in [0.717, 1.165) is 29.8 Å². The van der Waals surface area contributed by atoms with Gasteiger partial charge in [-0.25, -0.2) is 0 Å². The summed E-state index contributed by atoms with van der Waals surface area (Å²) in [6.07, 6.45) is 0.883. The van der Waals surface area contributed by atoms with E-state index in [1.807, 2.05) is 6.92 Å². The lowest BCUT2D eigenvalue weighted by Gasteiger charge is -2.55. The third kappa shape index (κ3) is 3.50. The van der Waals surface area contributed by atoms with E-state index in [9.17, 15) is 9.90 Å². The van der Waals surface area contributed by atoms with Crippen molar-refractivity contribution in [2.75, 3.05) is 38.8 Å². The van der Waals surface area contributed by atoms with E-state index in [-0.39, 0.29) is 29.8 Å². The van der Waals surface area contributed by atoms with Crippen LogP contribution < -0.4 is 10.5 Å². The summed E-state index contributed by atoms with van der Waals surface area (Å²) in [4.78, 5) is 16.9. The topological polar surface area (TPSA) is 88.3 Å². The van der Waals surface area contributed by atoms with Gasteiger partial charge in [-0.3, -0.25) is 14.6 Å². The van der Waals surface area contributed by atoms with Crippen molar-refractivity contribution in [3.05, 3.63) is 22.8 Å². The highest BCUT2D eigenvalue weighted by Crippen LogP contribution is 2.49. The first kappa shape index (κ1) is 20.8. The van der Waals surface area contributed by atoms with Crippen LogP contribution in [0.5, 0.6) is 11.5 Å². The van der Waals surface area contributed by atoms with E-state index in [2.05, 4.69) is 29.8 Å². The molecule has 3 aliphatic rings. The van der Waals surface area contributed by atoms with E-state index >= 15 is 0 Å². The number of thioether (sulfide) groups is 1. The van der Waals surface area contributed by atoms with Gasteiger partial charge in [0.05, 0.1) is 13.2 Å². The number of carbonyl (C=O) groups excluding carboxylic acids is 1. The van der Waals surface area contributed by atoms with Gasteiger partial charge in [0.1, 0.15) is 12.6 Å². The summed E-state index contributed by atoms with van der Waals surface area (Å²) in [5.74, 6) is 1.87. The predicted octanol–water partition coefficient (Wildman–Crippen LogP) is 1.30. The summed E-state index contributed by atoms with van der Waals surface area (Å²) in [5.41, 5.74) is 9.15. The highest BCUT2D eigenvalue weighted by molar-refractivity contribution is 7.99. The van der Waals surface area contributed by atoms with Crippen LogP contribution in [0, 0.1) is 6.92 Å². The van der Waals surface area contributed by atoms with Crippen molar-refractivity contribution in [3.63, 3.8) is 0 Å². The molecule has 0 spiro atoms. The Morgan fingerprint density at radius 3 is 2.86 bits per heavy atom. The number of piperazine rings is 1. The molecule has 160 valence electrons. The molecule has 4 rings (SSSR count). The number of phenolic OH excluding ortho intramolecular Hbond substituents is 1. The molecule has 3 heterocycles. The summed E-state index contributed by atoms with van der Waals surface area (Å²) in [5, 5.41) is 11.1. The van der Waals surface area contributed by atoms with Gasteiger partial charge in [-0.05, 0) is 38.4 Å². The molecule has 2 saturated heterocycles. The molecule has 3 N–H and O–H groups in total. The normalized spacial score (nSPS) is 33.4. The number of nitrogens with zero attached hydrogens (tertiary/aromatic N) is 2. The minimum absolute atomic E-state index is 0.0494. The van der Waals surface area contributed by atoms with Crippen molar-refractivity contribution in [2.45, 2.75) is 50.5 Å². The van der Waals surface area contributed by atoms with E-state index in [1.54, 1.807) is 18.9 Å². The number of esters is 1. The molecule has 1 aromatic carbocycles. The number of rotatable bonds is 1. The predicted molar refractivity (Wildman–Crippen MR) is 114 cm³/mol. The molecule has 8 heteroatoms. The Kier molecular flexibility index (Phi) is 5.72. The second-order valence-electron chi connectivity index (χ2n) is 8.50. The number of methoxy groups -OCH3 is 1. The van der Waals surface area contributed by atoms with Crippen molar-refractivity contribution in [2.24, 2.45) is 5.73 Å². The molecule has 29 heavy (non-hydrogen) atoms. The zero-order valence-corrected chi connectivity index (χ0v) is 18.4. The molecule has 0 amide bonds. The molecular formula is C21H31N3O4S. The first-order chi connectivity index (χ1) is 13.8. The third-order valence-corrected chi connectivity index (χ3v) is 7.84. The summed E-state index contributed by atoms with van der Waals surface area (Å²) >= 11 is 1.68. The van der Waals surface area contributed by atoms with Gasteiger partial charge in [0, 0.05) is 41.7 Å². The lowest BCUT2D eigenvalue weighted by atomic mass is 9.80. The lowest BCUT2D eigenvalue weighted by molar-refractivity contribution is -0.147. The summed E-state index contributed by atoms with van der Waals surface area (Å²) in [6.45, 7) is 5.34. The molecule has 1 aromatic rings. The van der Waals surface area contributed by atoms with Crippen molar-refractivity contribution >= 4 is 17.7 Å². The van der Waals surface area contributed by atoms with Gasteiger partial charge < -0.3 is 20.3 Å². The van der Waals surface area contributed by atoms with E-state index in [4.69, 9.17) is 15.2 Å². The Morgan fingerprint density at radius 1 is 1.38 bits per heavy atom. The first-order valence-electron chi connectivity index (χ1n) is 10.2. The average molecular weight is 422 g/mol. The molecule has 7 nitrogen and oxygen atoms in total. The number of cyclic esters (lactones) is 1. The molecule has 0 aromatic heterocycles. The van der Waals surface area contributed by atoms with Gasteiger partial charge >= 0.3 is 5.97 Å². The van der Waals surface area contributed by atoms with Crippen molar-refractivity contribution in [1.82, 2.24) is 9.80 Å². The maximum absolute atomic E-state index is 12.1. The van der Waals surface area contributed by atoms with Crippen LogP contribution >= 0.6 is 11.8 Å². The Labute approximate surface area is 176 Å². The number of phenols is 1. The molecule has 0 saturated carbocycles. The lowest BCUT2D eigenvalue weighted by Crippen LogP contribution is -2.64. The molecule has 3 aliphatic heterocycles. The van der Waals surface area contributed by atoms with Crippen molar-refractivity contribution in [3.8, 4) is 11.5 Å². The number of aryl methyl sites for hydroxylation is 1. The SMILES string of the molecule is COc1c(C)cc2c(c1O)[C@@H]1C3CSC[C@H](N)C(=O)OC[C@@H](C)N3C[C@H](C2)N1C. The van der Waals surface area contributed by atoms with Gasteiger partial charge in [-0.2, -0.15) is 11.8 Å². The van der Waals surface area contributed by atoms with Crippen LogP contribution in [0.3, 0.4) is 0 Å². The second kappa shape index (κ2) is 7.98. The number of fused-ring (bicyclic) bond motifs is 6. The Hall–Kier alpha value is -1.48. The van der Waals surface area contributed by atoms with Crippen molar-refractivity contribution < 1.29 is 19.4 Å². The highest BCUT2D eigenvalue weighted by Gasteiger charge is 2.48. The summed E-state index contributed by atoms with van der Waals surface area (Å²) < 4.78 is 11.0. The fourth-order valence-corrected chi connectivity index (χ4v) is 6.29. The van der Waals surface area contributed by atoms with Gasteiger partial charge in [0.25, 0.3) is 0 Å². The summed E-state index contributed by atoms with van der Waals surface area (Å²) in [6, 6.07) is 2.24. The van der Waals surface area contributed by atoms with Gasteiger partial charge in [0.15, 0.2) is 11.5 Å². The van der Waals surface area contributed by atoms with Crippen LogP contribution in [0.25, 0.3) is 0 Å². The average Bonchev–Trinajstić information content (AvgIpc) is 2.67. The molecular weight excluding hydrogens is 390 g/mol. The maximum Gasteiger partial charge on any atom is 0.323 e. The van der Waals surface area contributed by atoms with Crippen LogP contribution in [0.15, 0.2) is 6.07 Å². The Balaban J connectivity index is 1.76. The fourth-order valence-electron chi connectivity index (χ4n) is 5.15.